The van der Waals surface area contributed by atoms with Crippen molar-refractivity contribution in [3.8, 4) is 0 Å². The van der Waals surface area contributed by atoms with Crippen molar-refractivity contribution in [1.29, 1.82) is 0 Å². The van der Waals surface area contributed by atoms with Crippen molar-refractivity contribution in [3.05, 3.63) is 0 Å². The smallest absolute Gasteiger partial charge is 0.222 e. The molecule has 0 aliphatic carbocycles. The Balaban J connectivity index is 4.26. The molecule has 0 aliphatic rings. The highest BCUT2D eigenvalue weighted by Gasteiger charge is 2.27. The number of hydrogen-bond acceptors (Lipinski definition) is 42. The average Bonchev–Trinajstić information content (AvgIpc) is 0.895. The zero-order valence-corrected chi connectivity index (χ0v) is 82.6. The van der Waals surface area contributed by atoms with Gasteiger partial charge in [0, 0.05) is 65.1 Å². The molecule has 45 heteroatoms. The monoisotopic (exact) mass is 1970 g/mol. The summed E-state index contributed by atoms with van der Waals surface area (Å²) in [4.78, 5) is 38.1. The summed E-state index contributed by atoms with van der Waals surface area (Å²) in [5.74, 6) is -0.604. The Labute approximate surface area is 804 Å². The van der Waals surface area contributed by atoms with Crippen LogP contribution in [-0.2, 0) is 199 Å². The Morgan fingerprint density at radius 1 is 0.156 bits per heavy atom. The predicted octanol–water partition coefficient (Wildman–Crippen LogP) is 0.439. The van der Waals surface area contributed by atoms with E-state index in [1.54, 1.807) is 14.2 Å². The van der Waals surface area contributed by atoms with E-state index in [0.717, 1.165) is 0 Å². The van der Waals surface area contributed by atoms with E-state index in [2.05, 4.69) is 16.0 Å². The van der Waals surface area contributed by atoms with Gasteiger partial charge in [0.2, 0.25) is 17.7 Å². The Kier molecular flexibility index (Phi) is 117. The zero-order valence-electron chi connectivity index (χ0n) is 82.6. The van der Waals surface area contributed by atoms with Gasteiger partial charge in [-0.25, -0.2) is 0 Å². The second-order valence-corrected chi connectivity index (χ2v) is 28.7. The number of nitrogens with one attached hydrogen (secondary N) is 3. The SMILES string of the molecule is CCOCCOCCOCCOCCOCCOCCOCCOCCOCCOCCOCCOCCNC(=O)CCOCC(C)(COCCC(=O)NCCOCCOCCOCCOCCOCCOCCOCCOCCOCCOCCOCCOC)COCCC(=O)NCCOCCOCCOCCOCCOCCOCCOCCOCCOCCOCCOCCOC. The third kappa shape index (κ3) is 118. The van der Waals surface area contributed by atoms with Crippen molar-refractivity contribution in [1.82, 2.24) is 16.0 Å². The van der Waals surface area contributed by atoms with E-state index < -0.39 is 5.41 Å². The van der Waals surface area contributed by atoms with E-state index >= 15 is 0 Å². The number of carbonyl (C=O) groups excluding carboxylic acids is 3. The van der Waals surface area contributed by atoms with Crippen molar-refractivity contribution in [3.63, 3.8) is 0 Å². The molecule has 0 atom stereocenters. The minimum absolute atomic E-state index is 0.111. The second kappa shape index (κ2) is 120. The minimum atomic E-state index is -0.687. The van der Waals surface area contributed by atoms with Crippen LogP contribution in [0.1, 0.15) is 33.1 Å². The van der Waals surface area contributed by atoms with Gasteiger partial charge >= 0.3 is 0 Å². The average molecular weight is 1980 g/mol. The Bertz CT molecular complexity index is 2120. The van der Waals surface area contributed by atoms with E-state index in [0.29, 0.717) is 482 Å². The fourth-order valence-corrected chi connectivity index (χ4v) is 10.1. The van der Waals surface area contributed by atoms with Gasteiger partial charge in [0.1, 0.15) is 0 Å². The van der Waals surface area contributed by atoms with E-state index in [1.165, 1.54) is 0 Å². The molecule has 0 aromatic rings. The summed E-state index contributed by atoms with van der Waals surface area (Å²) in [6, 6.07) is 0. The molecule has 0 heterocycles. The molecule has 0 spiro atoms. The highest BCUT2D eigenvalue weighted by Crippen LogP contribution is 2.19. The van der Waals surface area contributed by atoms with E-state index in [1.807, 2.05) is 13.8 Å². The number of hydrogen-bond donors (Lipinski definition) is 3. The van der Waals surface area contributed by atoms with Gasteiger partial charge in [-0.05, 0) is 6.92 Å². The summed E-state index contributed by atoms with van der Waals surface area (Å²) in [6.45, 7) is 38.2. The van der Waals surface area contributed by atoms with Crippen LogP contribution < -0.4 is 16.0 Å². The van der Waals surface area contributed by atoms with Crippen LogP contribution in [0.4, 0.5) is 0 Å². The molecule has 0 bridgehead atoms. The zero-order chi connectivity index (χ0) is 96.9. The maximum absolute atomic E-state index is 12.7. The first kappa shape index (κ1) is 132. The predicted molar refractivity (Wildman–Crippen MR) is 491 cm³/mol. The lowest BCUT2D eigenvalue weighted by atomic mass is 9.94. The van der Waals surface area contributed by atoms with Crippen LogP contribution in [0.3, 0.4) is 0 Å². The molecule has 0 aromatic heterocycles. The minimum Gasteiger partial charge on any atom is -0.382 e. The molecule has 0 fully saturated rings. The van der Waals surface area contributed by atoms with Gasteiger partial charge in [0.15, 0.2) is 0 Å². The summed E-state index contributed by atoms with van der Waals surface area (Å²) >= 11 is 0. The van der Waals surface area contributed by atoms with Crippen molar-refractivity contribution in [2.24, 2.45) is 5.41 Å². The number of ether oxygens (including phenoxy) is 39. The Morgan fingerprint density at radius 2 is 0.267 bits per heavy atom. The van der Waals surface area contributed by atoms with E-state index in [-0.39, 0.29) is 76.6 Å². The van der Waals surface area contributed by atoms with Crippen LogP contribution in [0, 0.1) is 5.41 Å². The summed E-state index contributed by atoms with van der Waals surface area (Å²) < 4.78 is 215. The Hall–Kier alpha value is -3.15. The van der Waals surface area contributed by atoms with Gasteiger partial charge < -0.3 is 201 Å². The van der Waals surface area contributed by atoms with Gasteiger partial charge in [-0.15, -0.1) is 0 Å². The van der Waals surface area contributed by atoms with Gasteiger partial charge in [-0.3, -0.25) is 14.4 Å². The third-order valence-corrected chi connectivity index (χ3v) is 17.1. The molecule has 0 unspecified atom stereocenters. The first-order valence-corrected chi connectivity index (χ1v) is 48.0. The molecule has 3 amide bonds. The van der Waals surface area contributed by atoms with Gasteiger partial charge in [0.05, 0.1) is 496 Å². The second-order valence-electron chi connectivity index (χ2n) is 28.7. The molecule has 3 N–H and O–H groups in total. The van der Waals surface area contributed by atoms with Crippen LogP contribution in [0.2, 0.25) is 0 Å². The summed E-state index contributed by atoms with van der Waals surface area (Å²) in [6.07, 6.45) is 0.334. The lowest BCUT2D eigenvalue weighted by Gasteiger charge is -2.29. The van der Waals surface area contributed by atoms with Gasteiger partial charge in [-0.1, -0.05) is 6.92 Å². The lowest BCUT2D eigenvalue weighted by molar-refractivity contribution is -0.123. The van der Waals surface area contributed by atoms with Crippen LogP contribution in [0.25, 0.3) is 0 Å². The highest BCUT2D eigenvalue weighted by molar-refractivity contribution is 5.76. The van der Waals surface area contributed by atoms with Crippen LogP contribution >= 0.6 is 0 Å². The third-order valence-electron chi connectivity index (χ3n) is 17.1. The molecular weight excluding hydrogens is 1790 g/mol. The fraction of sp³-hybridized carbons (Fsp3) is 0.967. The first-order valence-electron chi connectivity index (χ1n) is 48.0. The summed E-state index contributed by atoms with van der Waals surface area (Å²) in [5.41, 5.74) is -0.687. The fourth-order valence-electron chi connectivity index (χ4n) is 10.1. The number of methoxy groups -OCH3 is 2. The van der Waals surface area contributed by atoms with Gasteiger partial charge in [-0.2, -0.15) is 0 Å². The summed E-state index contributed by atoms with van der Waals surface area (Å²) in [7, 11) is 3.27. The molecule has 806 valence electrons. The quantitative estimate of drug-likeness (QED) is 0.0695. The molecular formula is C90H179N3O42. The molecule has 0 saturated heterocycles. The molecule has 0 saturated carbocycles. The summed E-state index contributed by atoms with van der Waals surface area (Å²) in [5, 5.41) is 8.52. The first-order chi connectivity index (χ1) is 66.9. The molecule has 0 aromatic carbocycles. The van der Waals surface area contributed by atoms with E-state index in [4.69, 9.17) is 185 Å². The number of amides is 3. The molecule has 0 rings (SSSR count). The van der Waals surface area contributed by atoms with Crippen LogP contribution in [-0.4, -0.2) is 554 Å². The number of carbonyl (C=O) groups is 3. The standard InChI is InChI=1S/C90H179N3O42/c1-5-99-22-23-105-34-35-111-46-47-117-58-59-123-70-71-129-82-83-132-77-74-126-65-62-120-53-50-114-41-38-108-29-26-102-17-11-93-89(96)8-14-135-86-90(2,84-133-12-6-87(94)91-9-15-100-24-27-106-36-39-112-48-51-118-60-63-124-72-75-130-80-78-127-68-66-121-56-54-115-44-42-109-32-30-103-20-18-97-3)85-134-13-7-88(95)92-10-16-101-25-28-107-37-40-113-49-52-119-61-64-125-73-76-131-81-79-128-69-67-122-57-55-116-45-43-110-33-31-104-21-19-98-4/h5-86H2,1-4H3,(H,91,94)(H,92,95)(H,93,96). The van der Waals surface area contributed by atoms with Crippen LogP contribution in [0.5, 0.6) is 0 Å². The Morgan fingerprint density at radius 3 is 0.385 bits per heavy atom. The highest BCUT2D eigenvalue weighted by atomic mass is 16.6. The van der Waals surface area contributed by atoms with Crippen molar-refractivity contribution in [2.45, 2.75) is 33.1 Å². The normalized spacial score (nSPS) is 11.8. The largest absolute Gasteiger partial charge is 0.382 e. The number of rotatable bonds is 124. The van der Waals surface area contributed by atoms with Crippen molar-refractivity contribution < 1.29 is 199 Å². The topological polar surface area (TPSA) is 447 Å². The maximum Gasteiger partial charge on any atom is 0.222 e. The lowest BCUT2D eigenvalue weighted by Crippen LogP contribution is -2.36. The maximum atomic E-state index is 12.7. The van der Waals surface area contributed by atoms with E-state index in [9.17, 15) is 14.4 Å². The van der Waals surface area contributed by atoms with Gasteiger partial charge in [0.25, 0.3) is 0 Å². The van der Waals surface area contributed by atoms with Crippen molar-refractivity contribution >= 4 is 17.7 Å². The molecule has 135 heavy (non-hydrogen) atoms. The molecule has 0 aliphatic heterocycles. The van der Waals surface area contributed by atoms with Crippen molar-refractivity contribution in [2.75, 3.05) is 536 Å². The molecule has 45 nitrogen and oxygen atoms in total. The van der Waals surface area contributed by atoms with Crippen LogP contribution in [0.15, 0.2) is 0 Å². The molecule has 0 radical (unpaired) electrons.